The van der Waals surface area contributed by atoms with E-state index in [9.17, 15) is 38.2 Å². The molecule has 0 radical (unpaired) electrons. The number of methoxy groups -OCH3 is 1. The van der Waals surface area contributed by atoms with Crippen molar-refractivity contribution in [3.8, 4) is 34.8 Å². The topological polar surface area (TPSA) is 283 Å². The third-order valence-corrected chi connectivity index (χ3v) is 10.5. The molecule has 0 fully saturated rings. The molecule has 0 bridgehead atoms. The van der Waals surface area contributed by atoms with Gasteiger partial charge in [0.2, 0.25) is 11.6 Å². The fourth-order valence-electron chi connectivity index (χ4n) is 5.89. The molecule has 342 valence electrons. The Morgan fingerprint density at radius 2 is 1.30 bits per heavy atom. The molecule has 6 rings (SSSR count). The molecule has 0 atom stereocenters. The fourth-order valence-corrected chi connectivity index (χ4v) is 6.89. The van der Waals surface area contributed by atoms with Crippen LogP contribution >= 0.6 is 0 Å². The molecule has 23 heteroatoms. The first-order valence-corrected chi connectivity index (χ1v) is 20.9. The van der Waals surface area contributed by atoms with Crippen LogP contribution in [0.2, 0.25) is 0 Å². The Morgan fingerprint density at radius 1 is 0.712 bits per heavy atom. The normalized spacial score (nSPS) is 11.1. The highest BCUT2D eigenvalue weighted by Crippen LogP contribution is 2.41. The number of carbonyl (C=O) groups excluding carboxylic acids is 2. The quantitative estimate of drug-likeness (QED) is 0.0337. The molecule has 0 aliphatic heterocycles. The number of nitrogens with zero attached hydrogens (tertiary/aromatic N) is 6. The number of nitrogens with one attached hydrogen (secondary N) is 1. The summed E-state index contributed by atoms with van der Waals surface area (Å²) in [7, 11) is -3.07. The van der Waals surface area contributed by atoms with Gasteiger partial charge < -0.3 is 33.4 Å². The standard InChI is InChI=1S/C43H39N7O15S/c1-43(2,27-62-42(52)31-12-7-10-29(24-31)26-64-50(55)56)32-15-17-33(18-16-32)66(57,58)48-37-36(65-35-14-5-4-13-34(35)59-3)40(47-39(46-37)38-44-19-8-20-45-38)60-21-22-61-41(51)30-11-6-9-28(23-30)25-63-49(53)54/h4-20,23-24H,21-22,25-27H2,1-3H3,(H,46,47,48). The van der Waals surface area contributed by atoms with Gasteiger partial charge in [0.25, 0.3) is 26.1 Å². The Morgan fingerprint density at radius 3 is 1.89 bits per heavy atom. The van der Waals surface area contributed by atoms with Crippen molar-refractivity contribution in [2.45, 2.75) is 37.4 Å². The second kappa shape index (κ2) is 21.3. The molecule has 2 heterocycles. The minimum atomic E-state index is -4.48. The zero-order valence-corrected chi connectivity index (χ0v) is 36.0. The van der Waals surface area contributed by atoms with Crippen molar-refractivity contribution in [1.82, 2.24) is 19.9 Å². The van der Waals surface area contributed by atoms with Gasteiger partial charge in [-0.1, -0.05) is 62.4 Å². The van der Waals surface area contributed by atoms with Crippen molar-refractivity contribution in [1.29, 1.82) is 0 Å². The highest BCUT2D eigenvalue weighted by Gasteiger charge is 2.28. The van der Waals surface area contributed by atoms with Crippen LogP contribution in [-0.2, 0) is 47.8 Å². The summed E-state index contributed by atoms with van der Waals surface area (Å²) < 4.78 is 59.4. The van der Waals surface area contributed by atoms with Crippen LogP contribution in [0.3, 0.4) is 0 Å². The van der Waals surface area contributed by atoms with Crippen LogP contribution in [0.15, 0.2) is 120 Å². The highest BCUT2D eigenvalue weighted by molar-refractivity contribution is 7.92. The predicted octanol–water partition coefficient (Wildman–Crippen LogP) is 6.32. The lowest BCUT2D eigenvalue weighted by Crippen LogP contribution is -2.26. The zero-order chi connectivity index (χ0) is 47.3. The maximum Gasteiger partial charge on any atom is 0.338 e. The van der Waals surface area contributed by atoms with Crippen LogP contribution in [0.25, 0.3) is 11.6 Å². The molecule has 0 saturated heterocycles. The number of benzene rings is 4. The summed E-state index contributed by atoms with van der Waals surface area (Å²) >= 11 is 0. The van der Waals surface area contributed by atoms with E-state index in [0.717, 1.165) is 0 Å². The molecule has 0 saturated carbocycles. The van der Waals surface area contributed by atoms with Gasteiger partial charge in [0.15, 0.2) is 23.1 Å². The molecule has 0 aliphatic rings. The van der Waals surface area contributed by atoms with Crippen LogP contribution in [0.4, 0.5) is 5.82 Å². The van der Waals surface area contributed by atoms with Crippen molar-refractivity contribution in [3.05, 3.63) is 164 Å². The van der Waals surface area contributed by atoms with Crippen LogP contribution in [0, 0.1) is 20.2 Å². The monoisotopic (exact) mass is 925 g/mol. The molecule has 0 spiro atoms. The van der Waals surface area contributed by atoms with Gasteiger partial charge in [0, 0.05) is 17.8 Å². The fraction of sp³-hybridized carbons (Fsp3) is 0.209. The molecule has 4 aromatic carbocycles. The number of sulfonamides is 1. The van der Waals surface area contributed by atoms with Gasteiger partial charge in [-0.2, -0.15) is 4.98 Å². The Balaban J connectivity index is 1.24. The first-order valence-electron chi connectivity index (χ1n) is 19.4. The van der Waals surface area contributed by atoms with Crippen molar-refractivity contribution >= 4 is 27.8 Å². The summed E-state index contributed by atoms with van der Waals surface area (Å²) in [6.07, 6.45) is 2.85. The van der Waals surface area contributed by atoms with Gasteiger partial charge in [-0.25, -0.2) is 33.0 Å². The van der Waals surface area contributed by atoms with E-state index >= 15 is 0 Å². The lowest BCUT2D eigenvalue weighted by atomic mass is 9.85. The highest BCUT2D eigenvalue weighted by atomic mass is 32.2. The maximum absolute atomic E-state index is 14.2. The molecule has 66 heavy (non-hydrogen) atoms. The van der Waals surface area contributed by atoms with Crippen LogP contribution < -0.4 is 18.9 Å². The Hall–Kier alpha value is -8.47. The summed E-state index contributed by atoms with van der Waals surface area (Å²) in [4.78, 5) is 72.9. The molecule has 0 amide bonds. The number of carbonyl (C=O) groups is 2. The molecule has 1 N–H and O–H groups in total. The van der Waals surface area contributed by atoms with Crippen molar-refractivity contribution in [2.75, 3.05) is 31.7 Å². The van der Waals surface area contributed by atoms with Gasteiger partial charge >= 0.3 is 11.9 Å². The van der Waals surface area contributed by atoms with E-state index in [1.54, 1.807) is 68.4 Å². The summed E-state index contributed by atoms with van der Waals surface area (Å²) in [5, 5.41) is 19.3. The number of ether oxygens (including phenoxy) is 5. The average Bonchev–Trinajstić information content (AvgIpc) is 3.32. The number of anilines is 1. The third-order valence-electron chi connectivity index (χ3n) is 9.18. The molecule has 6 aromatic rings. The van der Waals surface area contributed by atoms with Gasteiger partial charge in [0.05, 0.1) is 23.1 Å². The number of para-hydroxylation sites is 2. The van der Waals surface area contributed by atoms with Gasteiger partial charge in [-0.3, -0.25) is 4.72 Å². The molecule has 0 unspecified atom stereocenters. The summed E-state index contributed by atoms with van der Waals surface area (Å²) in [6, 6.07) is 25.7. The van der Waals surface area contributed by atoms with Crippen molar-refractivity contribution in [3.63, 3.8) is 0 Å². The smallest absolute Gasteiger partial charge is 0.338 e. The van der Waals surface area contributed by atoms with Crippen molar-refractivity contribution < 1.29 is 61.5 Å². The lowest BCUT2D eigenvalue weighted by molar-refractivity contribution is -0.763. The first kappa shape index (κ1) is 47.0. The van der Waals surface area contributed by atoms with Gasteiger partial charge in [-0.15, -0.1) is 20.2 Å². The third kappa shape index (κ3) is 12.6. The molecule has 2 aromatic heterocycles. The largest absolute Gasteiger partial charge is 0.493 e. The SMILES string of the molecule is COc1ccccc1Oc1c(NS(=O)(=O)c2ccc(C(C)(C)COC(=O)c3cccc(CO[N+](=O)[O-])c3)cc2)nc(-c2ncccn2)nc1OCCOC(=O)c1cccc(CO[N+](=O)[O-])c1. The maximum atomic E-state index is 14.2. The van der Waals surface area contributed by atoms with E-state index in [1.807, 2.05) is 0 Å². The Bertz CT molecular complexity index is 2810. The number of hydrogen-bond donors (Lipinski definition) is 1. The van der Waals surface area contributed by atoms with Crippen LogP contribution in [-0.4, -0.2) is 77.4 Å². The second-order valence-corrected chi connectivity index (χ2v) is 16.0. The van der Waals surface area contributed by atoms with E-state index in [4.69, 9.17) is 23.7 Å². The minimum Gasteiger partial charge on any atom is -0.493 e. The van der Waals surface area contributed by atoms with E-state index in [1.165, 1.54) is 68.0 Å². The summed E-state index contributed by atoms with van der Waals surface area (Å²) in [5.74, 6) is -2.29. The molecular formula is C43H39N7O15S. The van der Waals surface area contributed by atoms with Crippen LogP contribution in [0.5, 0.6) is 23.1 Å². The van der Waals surface area contributed by atoms with E-state index in [0.29, 0.717) is 16.7 Å². The van der Waals surface area contributed by atoms with E-state index < -0.39 is 43.4 Å². The van der Waals surface area contributed by atoms with Crippen LogP contribution in [0.1, 0.15) is 51.3 Å². The minimum absolute atomic E-state index is 0.0112. The number of esters is 2. The number of aromatic nitrogens is 4. The van der Waals surface area contributed by atoms with Gasteiger partial charge in [-0.05, 0) is 71.3 Å². The van der Waals surface area contributed by atoms with E-state index in [2.05, 4.69) is 34.3 Å². The van der Waals surface area contributed by atoms with Gasteiger partial charge in [0.1, 0.15) is 33.0 Å². The zero-order valence-electron chi connectivity index (χ0n) is 35.2. The summed E-state index contributed by atoms with van der Waals surface area (Å²) in [5.41, 5.74) is 0.786. The average molecular weight is 926 g/mol. The number of rotatable bonds is 22. The molecule has 22 nitrogen and oxygen atoms in total. The second-order valence-electron chi connectivity index (χ2n) is 14.3. The van der Waals surface area contributed by atoms with Crippen molar-refractivity contribution in [2.24, 2.45) is 0 Å². The predicted molar refractivity (Wildman–Crippen MR) is 229 cm³/mol. The first-order chi connectivity index (χ1) is 31.6. The summed E-state index contributed by atoms with van der Waals surface area (Å²) in [6.45, 7) is 2.05. The Labute approximate surface area is 375 Å². The molecule has 0 aliphatic carbocycles. The Kier molecular flexibility index (Phi) is 15.2. The number of hydrogen-bond acceptors (Lipinski definition) is 19. The lowest BCUT2D eigenvalue weighted by Gasteiger charge is -2.25. The molecular weight excluding hydrogens is 887 g/mol. The van der Waals surface area contributed by atoms with E-state index in [-0.39, 0.29) is 83.8 Å².